The van der Waals surface area contributed by atoms with Crippen LogP contribution in [-0.2, 0) is 6.42 Å². The van der Waals surface area contributed by atoms with Crippen molar-refractivity contribution in [2.24, 2.45) is 0 Å². The highest BCUT2D eigenvalue weighted by atomic mass is 79.9. The summed E-state index contributed by atoms with van der Waals surface area (Å²) in [6.07, 6.45) is 0.830. The van der Waals surface area contributed by atoms with Gasteiger partial charge in [-0.25, -0.2) is 4.98 Å². The normalized spacial score (nSPS) is 13.2. The fourth-order valence-corrected chi connectivity index (χ4v) is 4.27. The number of nitrogens with zero attached hydrogens (tertiary/aromatic N) is 1. The molecule has 1 aliphatic carbocycles. The molecule has 0 amide bonds. The van der Waals surface area contributed by atoms with E-state index in [0.717, 1.165) is 28.1 Å². The smallest absolute Gasteiger partial charge is 0.201 e. The van der Waals surface area contributed by atoms with Gasteiger partial charge in [0.25, 0.3) is 0 Å². The zero-order valence-corrected chi connectivity index (χ0v) is 16.6. The second-order valence-corrected chi connectivity index (χ2v) is 7.92. The quantitative estimate of drug-likeness (QED) is 0.547. The van der Waals surface area contributed by atoms with Crippen molar-refractivity contribution in [2.45, 2.75) is 13.3 Å². The fraction of sp³-hybridized carbons (Fsp3) is 0.143. The molecule has 0 aliphatic heterocycles. The molecule has 1 heterocycles. The van der Waals surface area contributed by atoms with Crippen LogP contribution in [0.4, 0.5) is 0 Å². The molecule has 0 fully saturated rings. The SMILES string of the molecule is Cc1scnc1C1=C(Br)C(=O)c2cc(OCCc3ccccc3)ccc21. The molecule has 130 valence electrons. The van der Waals surface area contributed by atoms with Crippen LogP contribution in [0, 0.1) is 6.92 Å². The molecule has 1 aromatic heterocycles. The lowest BCUT2D eigenvalue weighted by Gasteiger charge is -2.09. The zero-order valence-electron chi connectivity index (χ0n) is 14.2. The highest BCUT2D eigenvalue weighted by molar-refractivity contribution is 9.12. The molecule has 26 heavy (non-hydrogen) atoms. The molecule has 0 bridgehead atoms. The third-order valence-corrected chi connectivity index (χ3v) is 5.92. The first-order chi connectivity index (χ1) is 12.6. The van der Waals surface area contributed by atoms with E-state index in [2.05, 4.69) is 33.0 Å². The molecule has 3 aromatic rings. The Kier molecular flexibility index (Phi) is 4.74. The van der Waals surface area contributed by atoms with E-state index in [1.165, 1.54) is 5.56 Å². The number of fused-ring (bicyclic) bond motifs is 1. The van der Waals surface area contributed by atoms with Gasteiger partial charge in [-0.2, -0.15) is 0 Å². The minimum absolute atomic E-state index is 0.0177. The minimum atomic E-state index is -0.0177. The summed E-state index contributed by atoms with van der Waals surface area (Å²) < 4.78 is 6.44. The Balaban J connectivity index is 1.55. The van der Waals surface area contributed by atoms with Crippen LogP contribution in [-0.4, -0.2) is 17.4 Å². The van der Waals surface area contributed by atoms with Gasteiger partial charge < -0.3 is 4.74 Å². The van der Waals surface area contributed by atoms with Crippen LogP contribution in [0.25, 0.3) is 5.57 Å². The van der Waals surface area contributed by atoms with Gasteiger partial charge in [-0.3, -0.25) is 4.79 Å². The second kappa shape index (κ2) is 7.17. The Morgan fingerprint density at radius 3 is 2.65 bits per heavy atom. The van der Waals surface area contributed by atoms with Crippen LogP contribution in [0.3, 0.4) is 0 Å². The van der Waals surface area contributed by atoms with Crippen molar-refractivity contribution >= 4 is 38.6 Å². The number of rotatable bonds is 5. The van der Waals surface area contributed by atoms with E-state index in [0.29, 0.717) is 22.4 Å². The number of benzene rings is 2. The number of ketones is 1. The maximum atomic E-state index is 12.7. The lowest BCUT2D eigenvalue weighted by Crippen LogP contribution is -2.02. The molecular formula is C21H16BrNO2S. The first kappa shape index (κ1) is 17.2. The van der Waals surface area contributed by atoms with Gasteiger partial charge in [-0.15, -0.1) is 11.3 Å². The van der Waals surface area contributed by atoms with Crippen molar-refractivity contribution in [3.05, 3.63) is 85.8 Å². The van der Waals surface area contributed by atoms with Crippen molar-refractivity contribution < 1.29 is 9.53 Å². The molecule has 0 spiro atoms. The first-order valence-electron chi connectivity index (χ1n) is 8.31. The van der Waals surface area contributed by atoms with Gasteiger partial charge in [0.05, 0.1) is 22.3 Å². The highest BCUT2D eigenvalue weighted by Gasteiger charge is 2.31. The highest BCUT2D eigenvalue weighted by Crippen LogP contribution is 2.42. The summed E-state index contributed by atoms with van der Waals surface area (Å²) in [5.41, 5.74) is 6.35. The largest absolute Gasteiger partial charge is 0.493 e. The summed E-state index contributed by atoms with van der Waals surface area (Å²) in [5, 5.41) is 0. The van der Waals surface area contributed by atoms with E-state index in [4.69, 9.17) is 4.74 Å². The van der Waals surface area contributed by atoms with Crippen molar-refractivity contribution in [2.75, 3.05) is 6.61 Å². The van der Waals surface area contributed by atoms with Crippen LogP contribution >= 0.6 is 27.3 Å². The molecular weight excluding hydrogens is 410 g/mol. The number of thiazole rings is 1. The Bertz CT molecular complexity index is 1010. The summed E-state index contributed by atoms with van der Waals surface area (Å²) in [6.45, 7) is 2.59. The van der Waals surface area contributed by atoms with Crippen LogP contribution in [0.15, 0.2) is 58.5 Å². The molecule has 0 N–H and O–H groups in total. The zero-order chi connectivity index (χ0) is 18.1. The number of aryl methyl sites for hydroxylation is 1. The predicted octanol–water partition coefficient (Wildman–Crippen LogP) is 5.42. The van der Waals surface area contributed by atoms with Crippen LogP contribution in [0.5, 0.6) is 5.75 Å². The fourth-order valence-electron chi connectivity index (χ4n) is 3.08. The first-order valence-corrected chi connectivity index (χ1v) is 9.98. The number of hydrogen-bond acceptors (Lipinski definition) is 4. The molecule has 1 aliphatic rings. The van der Waals surface area contributed by atoms with Crippen molar-refractivity contribution in [3.8, 4) is 5.75 Å². The van der Waals surface area contributed by atoms with E-state index < -0.39 is 0 Å². The van der Waals surface area contributed by atoms with Gasteiger partial charge in [0.1, 0.15) is 5.75 Å². The van der Waals surface area contributed by atoms with E-state index in [9.17, 15) is 4.79 Å². The summed E-state index contributed by atoms with van der Waals surface area (Å²) in [7, 11) is 0. The van der Waals surface area contributed by atoms with E-state index >= 15 is 0 Å². The molecule has 0 radical (unpaired) electrons. The van der Waals surface area contributed by atoms with Gasteiger partial charge >= 0.3 is 0 Å². The summed E-state index contributed by atoms with van der Waals surface area (Å²) in [6, 6.07) is 15.9. The Labute approximate surface area is 164 Å². The van der Waals surface area contributed by atoms with Gasteiger partial charge in [0.15, 0.2) is 0 Å². The summed E-state index contributed by atoms with van der Waals surface area (Å²) in [5.74, 6) is 0.695. The molecule has 0 saturated carbocycles. The topological polar surface area (TPSA) is 39.2 Å². The average Bonchev–Trinajstić information content (AvgIpc) is 3.18. The maximum absolute atomic E-state index is 12.7. The summed E-state index contributed by atoms with van der Waals surface area (Å²) >= 11 is 5.05. The molecule has 0 saturated heterocycles. The third kappa shape index (κ3) is 3.13. The molecule has 0 atom stereocenters. The number of carbonyl (C=O) groups is 1. The van der Waals surface area contributed by atoms with Crippen molar-refractivity contribution in [1.29, 1.82) is 0 Å². The summed E-state index contributed by atoms with van der Waals surface area (Å²) in [4.78, 5) is 18.2. The lowest BCUT2D eigenvalue weighted by atomic mass is 10.0. The van der Waals surface area contributed by atoms with Crippen molar-refractivity contribution in [3.63, 3.8) is 0 Å². The molecule has 2 aromatic carbocycles. The standard InChI is InChI=1S/C21H16BrNO2S/c1-13-20(23-12-26-13)18-16-8-7-15(11-17(16)21(24)19(18)22)25-10-9-14-5-3-2-4-6-14/h2-8,11-12H,9-10H2,1H3. The second-order valence-electron chi connectivity index (χ2n) is 6.07. The Morgan fingerprint density at radius 1 is 1.12 bits per heavy atom. The van der Waals surface area contributed by atoms with E-state index in [1.807, 2.05) is 48.8 Å². The van der Waals surface area contributed by atoms with Crippen molar-refractivity contribution in [1.82, 2.24) is 4.98 Å². The number of allylic oxidation sites excluding steroid dienone is 1. The Hall–Kier alpha value is -2.24. The van der Waals surface area contributed by atoms with Crippen LogP contribution < -0.4 is 4.74 Å². The maximum Gasteiger partial charge on any atom is 0.201 e. The van der Waals surface area contributed by atoms with E-state index in [-0.39, 0.29) is 5.78 Å². The number of ether oxygens (including phenoxy) is 1. The monoisotopic (exact) mass is 425 g/mol. The number of aromatic nitrogens is 1. The number of halogens is 1. The number of carbonyl (C=O) groups excluding carboxylic acids is 1. The Morgan fingerprint density at radius 2 is 1.92 bits per heavy atom. The van der Waals surface area contributed by atoms with Gasteiger partial charge in [-0.05, 0) is 52.2 Å². The lowest BCUT2D eigenvalue weighted by molar-refractivity contribution is 0.104. The molecule has 5 heteroatoms. The average molecular weight is 426 g/mol. The van der Waals surface area contributed by atoms with Gasteiger partial charge in [-0.1, -0.05) is 30.3 Å². The molecule has 4 rings (SSSR count). The molecule has 3 nitrogen and oxygen atoms in total. The minimum Gasteiger partial charge on any atom is -0.493 e. The van der Waals surface area contributed by atoms with E-state index in [1.54, 1.807) is 11.3 Å². The number of hydrogen-bond donors (Lipinski definition) is 0. The van der Waals surface area contributed by atoms with Crippen LogP contribution in [0.2, 0.25) is 0 Å². The molecule has 0 unspecified atom stereocenters. The number of Topliss-reactive ketones (excluding diaryl/α,β-unsaturated/α-hetero) is 1. The van der Waals surface area contributed by atoms with Gasteiger partial charge in [0.2, 0.25) is 5.78 Å². The third-order valence-electron chi connectivity index (χ3n) is 4.41. The predicted molar refractivity (Wildman–Crippen MR) is 108 cm³/mol. The van der Waals surface area contributed by atoms with Crippen LogP contribution in [0.1, 0.15) is 32.1 Å². The van der Waals surface area contributed by atoms with Gasteiger partial charge in [0, 0.05) is 22.4 Å².